The van der Waals surface area contributed by atoms with Crippen LogP contribution in [0.15, 0.2) is 35.5 Å². The van der Waals surface area contributed by atoms with Gasteiger partial charge in [-0.05, 0) is 12.5 Å². The monoisotopic (exact) mass is 149 g/mol. The van der Waals surface area contributed by atoms with Gasteiger partial charge in [-0.15, -0.1) is 0 Å². The molecule has 58 valence electrons. The lowest BCUT2D eigenvalue weighted by atomic mass is 9.95. The zero-order valence-corrected chi connectivity index (χ0v) is 6.55. The molecule has 0 aromatic rings. The number of hydrogen-bond acceptors (Lipinski definition) is 1. The Hall–Kier alpha value is -1.31. The normalized spacial score (nSPS) is 17.4. The van der Waals surface area contributed by atoms with Crippen molar-refractivity contribution in [1.29, 1.82) is 0 Å². The SMILES string of the molecule is C=C1C=CC(C)=C(C(N)=O)C1. The number of carbonyl (C=O) groups is 1. The molecule has 0 aromatic heterocycles. The van der Waals surface area contributed by atoms with E-state index < -0.39 is 0 Å². The molecule has 2 N–H and O–H groups in total. The summed E-state index contributed by atoms with van der Waals surface area (Å²) in [6.45, 7) is 5.63. The maximum Gasteiger partial charge on any atom is 0.245 e. The Kier molecular flexibility index (Phi) is 1.94. The molecule has 1 amide bonds. The number of amides is 1. The fraction of sp³-hybridized carbons (Fsp3) is 0.222. The standard InChI is InChI=1S/C9H11NO/c1-6-3-4-7(2)8(5-6)9(10)11/h3-4H,1,5H2,2H3,(H2,10,11). The third-order valence-electron chi connectivity index (χ3n) is 1.75. The van der Waals surface area contributed by atoms with E-state index in [1.165, 1.54) is 0 Å². The molecule has 0 aromatic carbocycles. The van der Waals surface area contributed by atoms with Gasteiger partial charge in [0.25, 0.3) is 0 Å². The maximum atomic E-state index is 10.8. The lowest BCUT2D eigenvalue weighted by Crippen LogP contribution is -2.16. The molecule has 11 heavy (non-hydrogen) atoms. The van der Waals surface area contributed by atoms with E-state index in [1.807, 2.05) is 19.1 Å². The third-order valence-corrected chi connectivity index (χ3v) is 1.75. The summed E-state index contributed by atoms with van der Waals surface area (Å²) in [5.41, 5.74) is 7.71. The van der Waals surface area contributed by atoms with Crippen molar-refractivity contribution in [2.24, 2.45) is 5.73 Å². The van der Waals surface area contributed by atoms with Crippen LogP contribution in [0.1, 0.15) is 13.3 Å². The third kappa shape index (κ3) is 1.58. The zero-order chi connectivity index (χ0) is 8.43. The largest absolute Gasteiger partial charge is 0.366 e. The number of nitrogens with two attached hydrogens (primary N) is 1. The molecule has 1 rings (SSSR count). The van der Waals surface area contributed by atoms with Gasteiger partial charge in [0, 0.05) is 12.0 Å². The molecule has 1 aliphatic carbocycles. The van der Waals surface area contributed by atoms with Gasteiger partial charge in [-0.3, -0.25) is 4.79 Å². The predicted octanol–water partition coefficient (Wildman–Crippen LogP) is 1.30. The van der Waals surface area contributed by atoms with E-state index in [0.29, 0.717) is 12.0 Å². The minimum Gasteiger partial charge on any atom is -0.366 e. The van der Waals surface area contributed by atoms with Crippen LogP contribution >= 0.6 is 0 Å². The van der Waals surface area contributed by atoms with Crippen LogP contribution in [0.4, 0.5) is 0 Å². The smallest absolute Gasteiger partial charge is 0.245 e. The van der Waals surface area contributed by atoms with E-state index in [4.69, 9.17) is 5.73 Å². The van der Waals surface area contributed by atoms with Gasteiger partial charge in [0.05, 0.1) is 0 Å². The van der Waals surface area contributed by atoms with Gasteiger partial charge in [0.1, 0.15) is 0 Å². The van der Waals surface area contributed by atoms with Crippen LogP contribution in [0.5, 0.6) is 0 Å². The predicted molar refractivity (Wildman–Crippen MR) is 44.8 cm³/mol. The van der Waals surface area contributed by atoms with Crippen molar-refractivity contribution in [1.82, 2.24) is 0 Å². The Balaban J connectivity index is 2.99. The van der Waals surface area contributed by atoms with Crippen LogP contribution in [-0.4, -0.2) is 5.91 Å². The van der Waals surface area contributed by atoms with Crippen molar-refractivity contribution in [2.45, 2.75) is 13.3 Å². The lowest BCUT2D eigenvalue weighted by Gasteiger charge is -2.10. The van der Waals surface area contributed by atoms with Crippen LogP contribution in [0.3, 0.4) is 0 Å². The summed E-state index contributed by atoms with van der Waals surface area (Å²) in [5, 5.41) is 0. The fourth-order valence-electron chi connectivity index (χ4n) is 1.05. The molecule has 0 aliphatic heterocycles. The fourth-order valence-corrected chi connectivity index (χ4v) is 1.05. The van der Waals surface area contributed by atoms with E-state index in [9.17, 15) is 4.79 Å². The van der Waals surface area contributed by atoms with E-state index in [1.54, 1.807) is 0 Å². The molecule has 0 spiro atoms. The number of hydrogen-bond donors (Lipinski definition) is 1. The second-order valence-corrected chi connectivity index (χ2v) is 2.69. The van der Waals surface area contributed by atoms with E-state index >= 15 is 0 Å². The van der Waals surface area contributed by atoms with Gasteiger partial charge in [0.2, 0.25) is 5.91 Å². The van der Waals surface area contributed by atoms with Gasteiger partial charge >= 0.3 is 0 Å². The highest BCUT2D eigenvalue weighted by molar-refractivity contribution is 5.94. The quantitative estimate of drug-likeness (QED) is 0.600. The molecule has 0 bridgehead atoms. The van der Waals surface area contributed by atoms with Crippen molar-refractivity contribution >= 4 is 5.91 Å². The highest BCUT2D eigenvalue weighted by Crippen LogP contribution is 2.20. The van der Waals surface area contributed by atoms with Crippen LogP contribution in [0.2, 0.25) is 0 Å². The van der Waals surface area contributed by atoms with Crippen molar-refractivity contribution in [3.63, 3.8) is 0 Å². The molecule has 0 radical (unpaired) electrons. The molecular formula is C9H11NO. The number of allylic oxidation sites excluding steroid dienone is 4. The Bertz CT molecular complexity index is 271. The van der Waals surface area contributed by atoms with Gasteiger partial charge < -0.3 is 5.73 Å². The molecular weight excluding hydrogens is 138 g/mol. The number of rotatable bonds is 1. The van der Waals surface area contributed by atoms with E-state index in [0.717, 1.165) is 11.1 Å². The Morgan fingerprint density at radius 1 is 1.64 bits per heavy atom. The zero-order valence-electron chi connectivity index (χ0n) is 6.55. The van der Waals surface area contributed by atoms with Crippen molar-refractivity contribution in [3.05, 3.63) is 35.5 Å². The van der Waals surface area contributed by atoms with Crippen LogP contribution in [0.25, 0.3) is 0 Å². The minimum atomic E-state index is -0.340. The molecule has 0 heterocycles. The highest BCUT2D eigenvalue weighted by atomic mass is 16.1. The molecule has 0 saturated heterocycles. The topological polar surface area (TPSA) is 43.1 Å². The van der Waals surface area contributed by atoms with Crippen LogP contribution in [0, 0.1) is 0 Å². The van der Waals surface area contributed by atoms with Gasteiger partial charge in [-0.25, -0.2) is 0 Å². The maximum absolute atomic E-state index is 10.8. The first kappa shape index (κ1) is 7.79. The second-order valence-electron chi connectivity index (χ2n) is 2.69. The van der Waals surface area contributed by atoms with Gasteiger partial charge in [-0.1, -0.05) is 24.3 Å². The Morgan fingerprint density at radius 2 is 2.27 bits per heavy atom. The van der Waals surface area contributed by atoms with Crippen molar-refractivity contribution in [3.8, 4) is 0 Å². The van der Waals surface area contributed by atoms with Crippen molar-refractivity contribution in [2.75, 3.05) is 0 Å². The summed E-state index contributed by atoms with van der Waals surface area (Å²) in [5.74, 6) is -0.340. The van der Waals surface area contributed by atoms with E-state index in [-0.39, 0.29) is 5.91 Å². The van der Waals surface area contributed by atoms with Gasteiger partial charge in [0.15, 0.2) is 0 Å². The molecule has 0 atom stereocenters. The van der Waals surface area contributed by atoms with E-state index in [2.05, 4.69) is 6.58 Å². The number of carbonyl (C=O) groups excluding carboxylic acids is 1. The minimum absolute atomic E-state index is 0.340. The first-order valence-corrected chi connectivity index (χ1v) is 3.46. The summed E-state index contributed by atoms with van der Waals surface area (Å²) in [4.78, 5) is 10.8. The highest BCUT2D eigenvalue weighted by Gasteiger charge is 2.11. The Labute approximate surface area is 66.1 Å². The first-order chi connectivity index (χ1) is 5.11. The summed E-state index contributed by atoms with van der Waals surface area (Å²) in [6.07, 6.45) is 4.37. The van der Waals surface area contributed by atoms with Crippen molar-refractivity contribution < 1.29 is 4.79 Å². The average Bonchev–Trinajstić information content (AvgIpc) is 1.94. The molecule has 2 nitrogen and oxygen atoms in total. The summed E-state index contributed by atoms with van der Waals surface area (Å²) < 4.78 is 0. The molecule has 1 aliphatic rings. The average molecular weight is 149 g/mol. The van der Waals surface area contributed by atoms with Gasteiger partial charge in [-0.2, -0.15) is 0 Å². The second kappa shape index (κ2) is 2.74. The molecule has 2 heteroatoms. The van der Waals surface area contributed by atoms with Crippen LogP contribution in [-0.2, 0) is 4.79 Å². The first-order valence-electron chi connectivity index (χ1n) is 3.46. The van der Waals surface area contributed by atoms with Crippen LogP contribution < -0.4 is 5.73 Å². The lowest BCUT2D eigenvalue weighted by molar-refractivity contribution is -0.114. The summed E-state index contributed by atoms with van der Waals surface area (Å²) in [7, 11) is 0. The Morgan fingerprint density at radius 3 is 2.73 bits per heavy atom. The molecule has 0 fully saturated rings. The molecule has 0 unspecified atom stereocenters. The summed E-state index contributed by atoms with van der Waals surface area (Å²) >= 11 is 0. The summed E-state index contributed by atoms with van der Waals surface area (Å²) in [6, 6.07) is 0. The molecule has 0 saturated carbocycles. The number of primary amides is 1.